The fourth-order valence-corrected chi connectivity index (χ4v) is 2.60. The monoisotopic (exact) mass is 252 g/mol. The van der Waals surface area contributed by atoms with Gasteiger partial charge in [-0.05, 0) is 49.0 Å². The predicted octanol–water partition coefficient (Wildman–Crippen LogP) is 3.04. The van der Waals surface area contributed by atoms with Crippen LogP contribution in [0.2, 0.25) is 0 Å². The second-order valence-corrected chi connectivity index (χ2v) is 6.72. The molecule has 4 heteroatoms. The van der Waals surface area contributed by atoms with Crippen LogP contribution in [0, 0.1) is 0 Å². The molecule has 1 heterocycles. The van der Waals surface area contributed by atoms with Gasteiger partial charge in [-0.3, -0.25) is 0 Å². The molecule has 1 aromatic rings. The summed E-state index contributed by atoms with van der Waals surface area (Å²) in [6.07, 6.45) is 4.41. The van der Waals surface area contributed by atoms with Gasteiger partial charge in [-0.1, -0.05) is 12.1 Å². The highest BCUT2D eigenvalue weighted by molar-refractivity contribution is 7.39. The van der Waals surface area contributed by atoms with Crippen molar-refractivity contribution in [2.24, 2.45) is 0 Å². The largest absolute Gasteiger partial charge is 0.443 e. The molecule has 2 atom stereocenters. The van der Waals surface area contributed by atoms with E-state index in [1.54, 1.807) is 0 Å². The molecule has 1 saturated carbocycles. The molecule has 1 fully saturated rings. The number of benzene rings is 1. The summed E-state index contributed by atoms with van der Waals surface area (Å²) in [6.45, 7) is 3.91. The average molecular weight is 252 g/mol. The van der Waals surface area contributed by atoms with E-state index in [-0.39, 0.29) is 5.41 Å². The minimum absolute atomic E-state index is 0.186. The minimum atomic E-state index is -0.703. The highest BCUT2D eigenvalue weighted by Gasteiger charge is 2.42. The van der Waals surface area contributed by atoms with Gasteiger partial charge in [0, 0.05) is 5.41 Å². The maximum absolute atomic E-state index is 5.67. The van der Waals surface area contributed by atoms with E-state index in [1.807, 2.05) is 12.1 Å². The number of fused-ring (bicyclic) bond motifs is 1. The second-order valence-electron chi connectivity index (χ2n) is 4.45. The SMILES string of the molecule is C=CC1(c2ccc3c(c2)OC(P)(P)O3)CC1. The zero-order valence-corrected chi connectivity index (χ0v) is 11.2. The molecule has 2 unspecified atom stereocenters. The number of hydrogen-bond acceptors (Lipinski definition) is 2. The maximum atomic E-state index is 5.67. The van der Waals surface area contributed by atoms with Crippen molar-refractivity contribution in [2.45, 2.75) is 23.5 Å². The van der Waals surface area contributed by atoms with Gasteiger partial charge in [0.25, 0.3) is 5.27 Å². The molecule has 84 valence electrons. The Kier molecular flexibility index (Phi) is 2.12. The van der Waals surface area contributed by atoms with Crippen molar-refractivity contribution in [1.29, 1.82) is 0 Å². The van der Waals surface area contributed by atoms with E-state index in [1.165, 1.54) is 18.4 Å². The van der Waals surface area contributed by atoms with Gasteiger partial charge in [0.1, 0.15) is 0 Å². The van der Waals surface area contributed by atoms with Crippen LogP contribution in [-0.2, 0) is 5.41 Å². The Labute approximate surface area is 99.8 Å². The molecule has 0 amide bonds. The Morgan fingerprint density at radius 3 is 2.50 bits per heavy atom. The van der Waals surface area contributed by atoms with Crippen molar-refractivity contribution in [3.05, 3.63) is 36.4 Å². The van der Waals surface area contributed by atoms with Crippen LogP contribution in [0.5, 0.6) is 11.5 Å². The summed E-state index contributed by atoms with van der Waals surface area (Å²) >= 11 is 0. The zero-order valence-electron chi connectivity index (χ0n) is 8.90. The van der Waals surface area contributed by atoms with Gasteiger partial charge in [-0.15, -0.1) is 6.58 Å². The fraction of sp³-hybridized carbons (Fsp3) is 0.333. The van der Waals surface area contributed by atoms with Crippen molar-refractivity contribution in [3.63, 3.8) is 0 Å². The maximum Gasteiger partial charge on any atom is 0.273 e. The Morgan fingerprint density at radius 2 is 1.88 bits per heavy atom. The van der Waals surface area contributed by atoms with E-state index in [9.17, 15) is 0 Å². The summed E-state index contributed by atoms with van der Waals surface area (Å²) in [6, 6.07) is 6.15. The lowest BCUT2D eigenvalue weighted by atomic mass is 9.96. The van der Waals surface area contributed by atoms with E-state index < -0.39 is 5.27 Å². The Morgan fingerprint density at radius 1 is 1.19 bits per heavy atom. The van der Waals surface area contributed by atoms with Gasteiger partial charge in [-0.2, -0.15) is 0 Å². The first kappa shape index (κ1) is 10.6. The Bertz CT molecular complexity index is 464. The average Bonchev–Trinajstić information content (AvgIpc) is 2.95. The molecule has 0 radical (unpaired) electrons. The summed E-state index contributed by atoms with van der Waals surface area (Å²) < 4.78 is 11.3. The Balaban J connectivity index is 1.99. The van der Waals surface area contributed by atoms with Crippen molar-refractivity contribution >= 4 is 18.5 Å². The molecule has 2 nitrogen and oxygen atoms in total. The summed E-state index contributed by atoms with van der Waals surface area (Å²) in [5.74, 6) is 1.62. The zero-order chi connectivity index (χ0) is 11.4. The van der Waals surface area contributed by atoms with Gasteiger partial charge >= 0.3 is 0 Å². The minimum Gasteiger partial charge on any atom is -0.443 e. The van der Waals surface area contributed by atoms with Crippen molar-refractivity contribution in [3.8, 4) is 11.5 Å². The van der Waals surface area contributed by atoms with Crippen molar-refractivity contribution in [1.82, 2.24) is 0 Å². The number of rotatable bonds is 2. The smallest absolute Gasteiger partial charge is 0.273 e. The molecule has 16 heavy (non-hydrogen) atoms. The third kappa shape index (κ3) is 1.56. The van der Waals surface area contributed by atoms with Gasteiger partial charge in [-0.25, -0.2) is 0 Å². The molecular formula is C12H14O2P2. The van der Waals surface area contributed by atoms with Crippen LogP contribution in [0.4, 0.5) is 0 Å². The summed E-state index contributed by atoms with van der Waals surface area (Å²) in [5.41, 5.74) is 1.46. The lowest BCUT2D eigenvalue weighted by Crippen LogP contribution is -2.21. The topological polar surface area (TPSA) is 18.5 Å². The van der Waals surface area contributed by atoms with Crippen LogP contribution in [0.3, 0.4) is 0 Å². The normalized spacial score (nSPS) is 22.9. The van der Waals surface area contributed by atoms with Crippen LogP contribution >= 0.6 is 18.5 Å². The summed E-state index contributed by atoms with van der Waals surface area (Å²) in [4.78, 5) is 0. The highest BCUT2D eigenvalue weighted by Crippen LogP contribution is 2.53. The van der Waals surface area contributed by atoms with E-state index in [0.717, 1.165) is 11.5 Å². The molecule has 1 aliphatic heterocycles. The first-order chi connectivity index (χ1) is 7.55. The van der Waals surface area contributed by atoms with E-state index in [0.29, 0.717) is 0 Å². The molecule has 2 aliphatic rings. The first-order valence-electron chi connectivity index (χ1n) is 5.29. The third-order valence-corrected chi connectivity index (χ3v) is 3.71. The van der Waals surface area contributed by atoms with Gasteiger partial charge in [0.15, 0.2) is 11.5 Å². The number of ether oxygens (including phenoxy) is 2. The molecule has 0 spiro atoms. The van der Waals surface area contributed by atoms with Crippen LogP contribution in [-0.4, -0.2) is 5.27 Å². The molecule has 0 aromatic heterocycles. The lowest BCUT2D eigenvalue weighted by Gasteiger charge is -2.15. The molecule has 1 aromatic carbocycles. The van der Waals surface area contributed by atoms with Crippen molar-refractivity contribution in [2.75, 3.05) is 0 Å². The summed E-state index contributed by atoms with van der Waals surface area (Å²) in [7, 11) is 5.06. The fourth-order valence-electron chi connectivity index (χ4n) is 2.09. The van der Waals surface area contributed by atoms with Crippen molar-refractivity contribution < 1.29 is 9.47 Å². The third-order valence-electron chi connectivity index (χ3n) is 3.24. The van der Waals surface area contributed by atoms with E-state index in [4.69, 9.17) is 9.47 Å². The molecule has 0 bridgehead atoms. The van der Waals surface area contributed by atoms with E-state index >= 15 is 0 Å². The van der Waals surface area contributed by atoms with E-state index in [2.05, 4.69) is 37.2 Å². The predicted molar refractivity (Wildman–Crippen MR) is 71.0 cm³/mol. The molecule has 0 saturated heterocycles. The van der Waals surface area contributed by atoms with Gasteiger partial charge in [0.2, 0.25) is 0 Å². The second kappa shape index (κ2) is 3.22. The number of allylic oxidation sites excluding steroid dienone is 1. The van der Waals surface area contributed by atoms with Crippen LogP contribution < -0.4 is 9.47 Å². The lowest BCUT2D eigenvalue weighted by molar-refractivity contribution is 0.0987. The summed E-state index contributed by atoms with van der Waals surface area (Å²) in [5, 5.41) is -0.703. The van der Waals surface area contributed by atoms with Crippen LogP contribution in [0.25, 0.3) is 0 Å². The standard InChI is InChI=1S/C12H14O2P2/c1-2-11(5-6-11)8-3-4-9-10(7-8)14-12(15,16)13-9/h2-4,7H,1,5-6,15-16H2. The number of hydrogen-bond donors (Lipinski definition) is 0. The van der Waals surface area contributed by atoms with Crippen LogP contribution in [0.1, 0.15) is 18.4 Å². The molecule has 3 rings (SSSR count). The van der Waals surface area contributed by atoms with Gasteiger partial charge < -0.3 is 9.47 Å². The van der Waals surface area contributed by atoms with Crippen LogP contribution in [0.15, 0.2) is 30.9 Å². The highest BCUT2D eigenvalue weighted by atomic mass is 31.1. The quantitative estimate of drug-likeness (QED) is 0.595. The Hall–Kier alpha value is -0.580. The molecule has 1 aliphatic carbocycles. The molecule has 0 N–H and O–H groups in total. The molecular weight excluding hydrogens is 238 g/mol. The first-order valence-corrected chi connectivity index (χ1v) is 6.44. The van der Waals surface area contributed by atoms with Gasteiger partial charge in [0.05, 0.1) is 0 Å².